The van der Waals surface area contributed by atoms with E-state index in [1.54, 1.807) is 12.1 Å². The lowest BCUT2D eigenvalue weighted by atomic mass is 10.2. The van der Waals surface area contributed by atoms with Crippen LogP contribution in [-0.2, 0) is 20.0 Å². The third-order valence-corrected chi connectivity index (χ3v) is 8.56. The Hall–Kier alpha value is -5.21. The molecule has 0 spiro atoms. The maximum atomic E-state index is 12.8. The maximum Gasteiger partial charge on any atom is 0.335 e. The number of sulfonamides is 2. The third kappa shape index (κ3) is 5.88. The summed E-state index contributed by atoms with van der Waals surface area (Å²) < 4.78 is 61.5. The fraction of sp³-hybridized carbons (Fsp3) is 0. The molecule has 0 aliphatic carbocycles. The number of carboxylic acid groups (broad SMARTS) is 2. The van der Waals surface area contributed by atoms with E-state index in [1.165, 1.54) is 66.7 Å². The molecule has 4 N–H and O–H groups in total. The van der Waals surface area contributed by atoms with Gasteiger partial charge in [0.1, 0.15) is 5.52 Å². The van der Waals surface area contributed by atoms with Gasteiger partial charge in [-0.1, -0.05) is 12.1 Å². The molecule has 14 heteroatoms. The number of hydrogen-bond acceptors (Lipinski definition) is 8. The molecule has 0 amide bonds. The molecule has 0 atom stereocenters. The number of anilines is 2. The largest absolute Gasteiger partial charge is 0.478 e. The summed E-state index contributed by atoms with van der Waals surface area (Å²) in [5.41, 5.74) is 1.26. The molecular weight excluding hydrogens is 574 g/mol. The van der Waals surface area contributed by atoms with Gasteiger partial charge in [-0.05, 0) is 78.9 Å². The number of oxazole rings is 1. The highest BCUT2D eigenvalue weighted by Crippen LogP contribution is 2.28. The van der Waals surface area contributed by atoms with Crippen molar-refractivity contribution < 1.29 is 41.1 Å². The van der Waals surface area contributed by atoms with E-state index in [-0.39, 0.29) is 38.2 Å². The lowest BCUT2D eigenvalue weighted by Gasteiger charge is -2.09. The molecule has 12 nitrogen and oxygen atoms in total. The van der Waals surface area contributed by atoms with Gasteiger partial charge in [0.25, 0.3) is 20.0 Å². The topological polar surface area (TPSA) is 193 Å². The molecule has 0 aliphatic rings. The first-order chi connectivity index (χ1) is 19.4. The summed E-state index contributed by atoms with van der Waals surface area (Å²) in [6, 6.07) is 20.4. The minimum Gasteiger partial charge on any atom is -0.478 e. The zero-order valence-corrected chi connectivity index (χ0v) is 22.3. The molecule has 0 saturated heterocycles. The lowest BCUT2D eigenvalue weighted by molar-refractivity contribution is 0.0685. The molecule has 4 aromatic carbocycles. The summed E-state index contributed by atoms with van der Waals surface area (Å²) in [5, 5.41) is 18.3. The quantitative estimate of drug-likeness (QED) is 0.189. The van der Waals surface area contributed by atoms with Crippen LogP contribution < -0.4 is 9.44 Å². The molecule has 0 unspecified atom stereocenters. The molecule has 0 fully saturated rings. The number of nitrogens with zero attached hydrogens (tertiary/aromatic N) is 1. The van der Waals surface area contributed by atoms with Gasteiger partial charge in [-0.15, -0.1) is 0 Å². The highest BCUT2D eigenvalue weighted by atomic mass is 32.2. The van der Waals surface area contributed by atoms with E-state index < -0.39 is 32.0 Å². The number of carbonyl (C=O) groups is 2. The van der Waals surface area contributed by atoms with Crippen LogP contribution in [0.15, 0.2) is 105 Å². The van der Waals surface area contributed by atoms with E-state index in [4.69, 9.17) is 14.6 Å². The van der Waals surface area contributed by atoms with Gasteiger partial charge < -0.3 is 14.6 Å². The first kappa shape index (κ1) is 27.4. The van der Waals surface area contributed by atoms with Gasteiger partial charge in [0, 0.05) is 11.3 Å². The van der Waals surface area contributed by atoms with Gasteiger partial charge in [-0.25, -0.2) is 31.4 Å². The highest BCUT2D eigenvalue weighted by Gasteiger charge is 2.19. The summed E-state index contributed by atoms with van der Waals surface area (Å²) >= 11 is 0. The van der Waals surface area contributed by atoms with Crippen molar-refractivity contribution in [3.05, 3.63) is 102 Å². The van der Waals surface area contributed by atoms with Gasteiger partial charge in [0.15, 0.2) is 5.58 Å². The minimum atomic E-state index is -4.09. The maximum absolute atomic E-state index is 12.8. The first-order valence-electron chi connectivity index (χ1n) is 11.6. The van der Waals surface area contributed by atoms with Crippen molar-refractivity contribution in [1.82, 2.24) is 4.98 Å². The zero-order chi connectivity index (χ0) is 29.4. The Kier molecular flexibility index (Phi) is 6.94. The van der Waals surface area contributed by atoms with E-state index in [1.807, 2.05) is 0 Å². The highest BCUT2D eigenvalue weighted by molar-refractivity contribution is 7.93. The van der Waals surface area contributed by atoms with Crippen LogP contribution in [0, 0.1) is 0 Å². The molecule has 0 aliphatic heterocycles. The Balaban J connectivity index is 1.34. The Morgan fingerprint density at radius 2 is 1.17 bits per heavy atom. The second-order valence-electron chi connectivity index (χ2n) is 8.66. The summed E-state index contributed by atoms with van der Waals surface area (Å²) in [6.07, 6.45) is 0. The van der Waals surface area contributed by atoms with Crippen LogP contribution in [-0.4, -0.2) is 44.0 Å². The van der Waals surface area contributed by atoms with Crippen molar-refractivity contribution in [3.8, 4) is 11.5 Å². The molecule has 0 bridgehead atoms. The molecule has 5 rings (SSSR count). The standard InChI is InChI=1S/C27H19N3O9S2/c31-26(32)17-3-1-5-21(13-17)40(35,36)29-19-9-7-16(8-10-19)25-28-23-15-20(11-12-24(23)39-25)30-41(37,38)22-6-2-4-18(14-22)27(33)34/h1-15,29-30H,(H,31,32)(H,33,34). The van der Waals surface area contributed by atoms with E-state index in [0.29, 0.717) is 16.7 Å². The summed E-state index contributed by atoms with van der Waals surface area (Å²) in [5.74, 6) is -2.31. The van der Waals surface area contributed by atoms with Gasteiger partial charge in [-0.2, -0.15) is 0 Å². The number of hydrogen-bond donors (Lipinski definition) is 4. The summed E-state index contributed by atoms with van der Waals surface area (Å²) in [6.45, 7) is 0. The molecule has 5 aromatic rings. The average molecular weight is 594 g/mol. The van der Waals surface area contributed by atoms with Crippen molar-refractivity contribution in [2.24, 2.45) is 0 Å². The number of rotatable bonds is 9. The second kappa shape index (κ2) is 10.4. The van der Waals surface area contributed by atoms with Crippen LogP contribution in [0.2, 0.25) is 0 Å². The molecule has 0 saturated carbocycles. The first-order valence-corrected chi connectivity index (χ1v) is 14.6. The smallest absolute Gasteiger partial charge is 0.335 e. The summed E-state index contributed by atoms with van der Waals surface area (Å²) in [4.78, 5) is 26.3. The van der Waals surface area contributed by atoms with E-state index in [2.05, 4.69) is 14.4 Å². The van der Waals surface area contributed by atoms with Crippen LogP contribution >= 0.6 is 0 Å². The van der Waals surface area contributed by atoms with Gasteiger partial charge in [0.2, 0.25) is 5.89 Å². The SMILES string of the molecule is O=C(O)c1cccc(S(=O)(=O)Nc2ccc(-c3nc4cc(NS(=O)(=O)c5cccc(C(=O)O)c5)ccc4o3)cc2)c1. The zero-order valence-electron chi connectivity index (χ0n) is 20.7. The fourth-order valence-electron chi connectivity index (χ4n) is 3.82. The van der Waals surface area contributed by atoms with Crippen LogP contribution in [0.3, 0.4) is 0 Å². The Morgan fingerprint density at radius 3 is 1.71 bits per heavy atom. The predicted octanol–water partition coefficient (Wildman–Crippen LogP) is 4.49. The number of carboxylic acids is 2. The predicted molar refractivity (Wildman–Crippen MR) is 148 cm³/mol. The average Bonchev–Trinajstić information content (AvgIpc) is 3.36. The molecule has 1 aromatic heterocycles. The van der Waals surface area contributed by atoms with Crippen molar-refractivity contribution in [2.45, 2.75) is 9.79 Å². The molecule has 208 valence electrons. The normalized spacial score (nSPS) is 11.7. The summed E-state index contributed by atoms with van der Waals surface area (Å²) in [7, 11) is -8.14. The van der Waals surface area contributed by atoms with Crippen LogP contribution in [0.1, 0.15) is 20.7 Å². The lowest BCUT2D eigenvalue weighted by Crippen LogP contribution is -2.13. The Morgan fingerprint density at radius 1 is 0.659 bits per heavy atom. The second-order valence-corrected chi connectivity index (χ2v) is 12.0. The van der Waals surface area contributed by atoms with E-state index in [0.717, 1.165) is 12.1 Å². The van der Waals surface area contributed by atoms with Gasteiger partial charge >= 0.3 is 11.9 Å². The monoisotopic (exact) mass is 593 g/mol. The van der Waals surface area contributed by atoms with E-state index >= 15 is 0 Å². The van der Waals surface area contributed by atoms with Crippen LogP contribution in [0.25, 0.3) is 22.6 Å². The third-order valence-electron chi connectivity index (χ3n) is 5.81. The van der Waals surface area contributed by atoms with Crippen LogP contribution in [0.5, 0.6) is 0 Å². The minimum absolute atomic E-state index is 0.164. The Bertz CT molecular complexity index is 2040. The number of aromatic carboxylic acids is 2. The number of aromatic nitrogens is 1. The van der Waals surface area contributed by atoms with E-state index in [9.17, 15) is 26.4 Å². The van der Waals surface area contributed by atoms with Crippen molar-refractivity contribution in [3.63, 3.8) is 0 Å². The van der Waals surface area contributed by atoms with Crippen LogP contribution in [0.4, 0.5) is 11.4 Å². The van der Waals surface area contributed by atoms with Crippen molar-refractivity contribution in [1.29, 1.82) is 0 Å². The van der Waals surface area contributed by atoms with Gasteiger partial charge in [-0.3, -0.25) is 9.44 Å². The van der Waals surface area contributed by atoms with Crippen molar-refractivity contribution >= 4 is 54.5 Å². The number of benzene rings is 4. The molecule has 1 heterocycles. The molecule has 0 radical (unpaired) electrons. The fourth-order valence-corrected chi connectivity index (χ4v) is 6.01. The molecule has 41 heavy (non-hydrogen) atoms. The Labute approximate surface area is 233 Å². The van der Waals surface area contributed by atoms with Crippen molar-refractivity contribution in [2.75, 3.05) is 9.44 Å². The van der Waals surface area contributed by atoms with Gasteiger partial charge in [0.05, 0.1) is 26.6 Å². The number of fused-ring (bicyclic) bond motifs is 1. The number of nitrogens with one attached hydrogen (secondary N) is 2. The molecular formula is C27H19N3O9S2.